The summed E-state index contributed by atoms with van der Waals surface area (Å²) in [4.78, 5) is 0. The third kappa shape index (κ3) is 4.31. The zero-order valence-corrected chi connectivity index (χ0v) is 12.5. The number of alkyl halides is 6. The maximum absolute atomic E-state index is 13.1. The van der Waals surface area contributed by atoms with Crippen LogP contribution in [0, 0.1) is 0 Å². The van der Waals surface area contributed by atoms with Gasteiger partial charge in [0.05, 0.1) is 0 Å². The van der Waals surface area contributed by atoms with Gasteiger partial charge in [-0.05, 0) is 12.5 Å². The molecule has 0 spiro atoms. The van der Waals surface area contributed by atoms with E-state index in [1.165, 1.54) is 25.3 Å². The molecule has 1 heterocycles. The number of fused-ring (bicyclic) bond motifs is 1. The molecule has 0 aliphatic rings. The van der Waals surface area contributed by atoms with Crippen molar-refractivity contribution in [3.05, 3.63) is 23.9 Å². The Balaban J connectivity index is 2.43. The highest BCUT2D eigenvalue weighted by molar-refractivity contribution is 5.87. The van der Waals surface area contributed by atoms with Crippen molar-refractivity contribution in [3.8, 4) is 5.75 Å². The lowest BCUT2D eigenvalue weighted by atomic mass is 10.2. The van der Waals surface area contributed by atoms with E-state index in [4.69, 9.17) is 9.47 Å². The summed E-state index contributed by atoms with van der Waals surface area (Å²) in [5.41, 5.74) is -1.17. The Bertz CT molecular complexity index is 693. The van der Waals surface area contributed by atoms with Gasteiger partial charge in [0, 0.05) is 25.5 Å². The molecule has 0 fully saturated rings. The maximum Gasteiger partial charge on any atom is 0.435 e. The van der Waals surface area contributed by atoms with Crippen LogP contribution in [-0.2, 0) is 17.5 Å². The summed E-state index contributed by atoms with van der Waals surface area (Å²) < 4.78 is 86.9. The monoisotopic (exact) mass is 356 g/mol. The third-order valence-corrected chi connectivity index (χ3v) is 3.16. The number of hydrogen-bond donors (Lipinski definition) is 0. The molecule has 134 valence electrons. The molecule has 0 bridgehead atoms. The second-order valence-corrected chi connectivity index (χ2v) is 4.99. The Morgan fingerprint density at radius 2 is 1.83 bits per heavy atom. The first-order chi connectivity index (χ1) is 11.1. The van der Waals surface area contributed by atoms with Gasteiger partial charge in [-0.1, -0.05) is 12.1 Å². The molecule has 2 rings (SSSR count). The van der Waals surface area contributed by atoms with Crippen LogP contribution >= 0.6 is 0 Å². The summed E-state index contributed by atoms with van der Waals surface area (Å²) in [6, 6.07) is 3.96. The van der Waals surface area contributed by atoms with Crippen molar-refractivity contribution in [2.24, 2.45) is 0 Å². The SMILES string of the molecule is COCOc1cccc2c(C(F)(F)F)nn(CCCC(F)(F)F)c12. The van der Waals surface area contributed by atoms with E-state index in [-0.39, 0.29) is 30.0 Å². The van der Waals surface area contributed by atoms with Crippen LogP contribution < -0.4 is 4.74 Å². The number of methoxy groups -OCH3 is 1. The average molecular weight is 356 g/mol. The molecule has 0 amide bonds. The first-order valence-electron chi connectivity index (χ1n) is 6.88. The Hall–Kier alpha value is -1.97. The molecule has 0 aliphatic carbocycles. The molecule has 0 N–H and O–H groups in total. The normalized spacial score (nSPS) is 12.8. The number of aromatic nitrogens is 2. The van der Waals surface area contributed by atoms with E-state index in [0.717, 1.165) is 4.68 Å². The number of nitrogens with zero attached hydrogens (tertiary/aromatic N) is 2. The summed E-state index contributed by atoms with van der Waals surface area (Å²) in [7, 11) is 1.34. The number of rotatable bonds is 6. The number of para-hydroxylation sites is 1. The van der Waals surface area contributed by atoms with Crippen LogP contribution in [0.2, 0.25) is 0 Å². The molecule has 2 aromatic rings. The molecule has 0 radical (unpaired) electrons. The summed E-state index contributed by atoms with van der Waals surface area (Å²) in [6.45, 7) is -0.534. The minimum absolute atomic E-state index is 0.0101. The van der Waals surface area contributed by atoms with Crippen molar-refractivity contribution in [3.63, 3.8) is 0 Å². The summed E-state index contributed by atoms with van der Waals surface area (Å²) in [5, 5.41) is 3.22. The molecule has 1 aromatic heterocycles. The van der Waals surface area contributed by atoms with Crippen LogP contribution in [0.5, 0.6) is 5.75 Å². The van der Waals surface area contributed by atoms with Crippen molar-refractivity contribution in [2.75, 3.05) is 13.9 Å². The molecule has 0 saturated carbocycles. The predicted molar refractivity (Wildman–Crippen MR) is 72.5 cm³/mol. The third-order valence-electron chi connectivity index (χ3n) is 3.16. The van der Waals surface area contributed by atoms with Crippen LogP contribution in [0.15, 0.2) is 18.2 Å². The molecule has 0 unspecified atom stereocenters. The smallest absolute Gasteiger partial charge is 0.435 e. The first-order valence-corrected chi connectivity index (χ1v) is 6.88. The highest BCUT2D eigenvalue weighted by Gasteiger charge is 2.37. The molecule has 10 heteroatoms. The van der Waals surface area contributed by atoms with Crippen molar-refractivity contribution in [1.29, 1.82) is 0 Å². The van der Waals surface area contributed by atoms with Crippen LogP contribution in [0.25, 0.3) is 10.9 Å². The summed E-state index contributed by atoms with van der Waals surface area (Å²) in [6.07, 6.45) is -10.6. The lowest BCUT2D eigenvalue weighted by Crippen LogP contribution is -2.11. The minimum Gasteiger partial charge on any atom is -0.465 e. The lowest BCUT2D eigenvalue weighted by molar-refractivity contribution is -0.141. The van der Waals surface area contributed by atoms with E-state index in [9.17, 15) is 26.3 Å². The van der Waals surface area contributed by atoms with E-state index < -0.39 is 30.9 Å². The van der Waals surface area contributed by atoms with Gasteiger partial charge in [-0.15, -0.1) is 0 Å². The van der Waals surface area contributed by atoms with Crippen LogP contribution in [0.1, 0.15) is 18.5 Å². The number of aryl methyl sites for hydroxylation is 1. The van der Waals surface area contributed by atoms with Crippen molar-refractivity contribution < 1.29 is 35.8 Å². The molecule has 1 aromatic carbocycles. The van der Waals surface area contributed by atoms with Crippen molar-refractivity contribution >= 4 is 10.9 Å². The fourth-order valence-electron chi connectivity index (χ4n) is 2.24. The number of ether oxygens (including phenoxy) is 2. The van der Waals surface area contributed by atoms with E-state index in [1.807, 2.05) is 0 Å². The van der Waals surface area contributed by atoms with Crippen molar-refractivity contribution in [1.82, 2.24) is 9.78 Å². The highest BCUT2D eigenvalue weighted by Crippen LogP contribution is 2.37. The zero-order valence-electron chi connectivity index (χ0n) is 12.5. The molecule has 24 heavy (non-hydrogen) atoms. The van der Waals surface area contributed by atoms with Crippen LogP contribution in [0.4, 0.5) is 26.3 Å². The molecule has 0 atom stereocenters. The lowest BCUT2D eigenvalue weighted by Gasteiger charge is -2.10. The number of benzene rings is 1. The molecule has 0 saturated heterocycles. The maximum atomic E-state index is 13.1. The Labute approximate surface area is 132 Å². The standard InChI is InChI=1S/C14H14F6N2O2/c1-23-8-24-10-5-2-4-9-11(10)22(7-3-6-13(15,16)17)21-12(9)14(18,19)20/h2,4-5H,3,6-8H2,1H3. The van der Waals surface area contributed by atoms with Gasteiger partial charge < -0.3 is 9.47 Å². The fourth-order valence-corrected chi connectivity index (χ4v) is 2.24. The van der Waals surface area contributed by atoms with Gasteiger partial charge in [0.1, 0.15) is 11.3 Å². The largest absolute Gasteiger partial charge is 0.465 e. The summed E-state index contributed by atoms with van der Waals surface area (Å²) >= 11 is 0. The average Bonchev–Trinajstić information content (AvgIpc) is 2.83. The van der Waals surface area contributed by atoms with Gasteiger partial charge in [-0.25, -0.2) is 0 Å². The quantitative estimate of drug-likeness (QED) is 0.569. The van der Waals surface area contributed by atoms with E-state index in [0.29, 0.717) is 0 Å². The van der Waals surface area contributed by atoms with Gasteiger partial charge in [-0.2, -0.15) is 31.4 Å². The zero-order chi connectivity index (χ0) is 18.0. The van der Waals surface area contributed by atoms with E-state index in [1.54, 1.807) is 0 Å². The second-order valence-electron chi connectivity index (χ2n) is 4.99. The van der Waals surface area contributed by atoms with Gasteiger partial charge >= 0.3 is 12.4 Å². The Morgan fingerprint density at radius 3 is 2.42 bits per heavy atom. The molecule has 0 aliphatic heterocycles. The van der Waals surface area contributed by atoms with E-state index in [2.05, 4.69) is 5.10 Å². The van der Waals surface area contributed by atoms with Gasteiger partial charge in [0.25, 0.3) is 0 Å². The second kappa shape index (κ2) is 6.88. The van der Waals surface area contributed by atoms with Gasteiger partial charge in [0.2, 0.25) is 0 Å². The summed E-state index contributed by atoms with van der Waals surface area (Å²) in [5.74, 6) is 0.0596. The predicted octanol–water partition coefficient (Wildman–Crippen LogP) is 4.38. The fraction of sp³-hybridized carbons (Fsp3) is 0.500. The number of halogens is 6. The van der Waals surface area contributed by atoms with Crippen LogP contribution in [0.3, 0.4) is 0 Å². The van der Waals surface area contributed by atoms with Crippen LogP contribution in [-0.4, -0.2) is 29.9 Å². The molecular formula is C14H14F6N2O2. The number of hydrogen-bond acceptors (Lipinski definition) is 3. The Kier molecular flexibility index (Phi) is 5.26. The topological polar surface area (TPSA) is 36.3 Å². The molecule has 4 nitrogen and oxygen atoms in total. The van der Waals surface area contributed by atoms with Gasteiger partial charge in [-0.3, -0.25) is 4.68 Å². The first kappa shape index (κ1) is 18.4. The van der Waals surface area contributed by atoms with Gasteiger partial charge in [0.15, 0.2) is 12.5 Å². The molecular weight excluding hydrogens is 342 g/mol. The minimum atomic E-state index is -4.73. The van der Waals surface area contributed by atoms with E-state index >= 15 is 0 Å². The van der Waals surface area contributed by atoms with Crippen molar-refractivity contribution in [2.45, 2.75) is 31.7 Å². The Morgan fingerprint density at radius 1 is 1.12 bits per heavy atom. The highest BCUT2D eigenvalue weighted by atomic mass is 19.4.